The van der Waals surface area contributed by atoms with Gasteiger partial charge in [-0.15, -0.1) is 0 Å². The average Bonchev–Trinajstić information content (AvgIpc) is 2.25. The molecule has 4 nitrogen and oxygen atoms in total. The standard InChI is InChI=1S/C13H20O4/c1-9-6-10(13(2,3)14)12(17-8-15-4)7-11(9)16-5/h6-7,14H,8H2,1-5H3. The Hall–Kier alpha value is -1.26. The smallest absolute Gasteiger partial charge is 0.188 e. The molecule has 0 saturated carbocycles. The van der Waals surface area contributed by atoms with Crippen LogP contribution >= 0.6 is 0 Å². The number of rotatable bonds is 5. The van der Waals surface area contributed by atoms with Gasteiger partial charge in [0, 0.05) is 18.7 Å². The molecule has 0 aliphatic rings. The van der Waals surface area contributed by atoms with Gasteiger partial charge in [-0.05, 0) is 32.4 Å². The van der Waals surface area contributed by atoms with Crippen molar-refractivity contribution in [2.24, 2.45) is 0 Å². The molecule has 4 heteroatoms. The zero-order valence-corrected chi connectivity index (χ0v) is 11.0. The van der Waals surface area contributed by atoms with Crippen molar-refractivity contribution >= 4 is 0 Å². The first-order chi connectivity index (χ1) is 7.90. The summed E-state index contributed by atoms with van der Waals surface area (Å²) < 4.78 is 15.6. The minimum absolute atomic E-state index is 0.134. The van der Waals surface area contributed by atoms with Crippen molar-refractivity contribution in [1.82, 2.24) is 0 Å². The highest BCUT2D eigenvalue weighted by Crippen LogP contribution is 2.35. The van der Waals surface area contributed by atoms with E-state index in [-0.39, 0.29) is 6.79 Å². The molecular weight excluding hydrogens is 220 g/mol. The van der Waals surface area contributed by atoms with Crippen LogP contribution in [0.2, 0.25) is 0 Å². The minimum Gasteiger partial charge on any atom is -0.496 e. The summed E-state index contributed by atoms with van der Waals surface area (Å²) in [7, 11) is 3.15. The summed E-state index contributed by atoms with van der Waals surface area (Å²) in [5.74, 6) is 1.30. The number of methoxy groups -OCH3 is 2. The van der Waals surface area contributed by atoms with E-state index in [0.717, 1.165) is 11.3 Å². The SMILES string of the molecule is COCOc1cc(OC)c(C)cc1C(C)(C)O. The molecule has 1 N–H and O–H groups in total. The maximum Gasteiger partial charge on any atom is 0.188 e. The second-order valence-electron chi connectivity index (χ2n) is 4.43. The molecule has 0 saturated heterocycles. The lowest BCUT2D eigenvalue weighted by molar-refractivity contribution is 0.0391. The topological polar surface area (TPSA) is 47.9 Å². The van der Waals surface area contributed by atoms with E-state index in [2.05, 4.69) is 0 Å². The first-order valence-electron chi connectivity index (χ1n) is 5.43. The zero-order valence-electron chi connectivity index (χ0n) is 11.0. The molecule has 0 aliphatic carbocycles. The van der Waals surface area contributed by atoms with Crippen LogP contribution in [-0.4, -0.2) is 26.1 Å². The van der Waals surface area contributed by atoms with Crippen molar-refractivity contribution in [3.8, 4) is 11.5 Å². The molecule has 1 rings (SSSR count). The molecule has 0 fully saturated rings. The van der Waals surface area contributed by atoms with Gasteiger partial charge in [-0.1, -0.05) is 0 Å². The molecule has 0 amide bonds. The fourth-order valence-electron chi connectivity index (χ4n) is 1.61. The summed E-state index contributed by atoms with van der Waals surface area (Å²) in [6.07, 6.45) is 0. The van der Waals surface area contributed by atoms with Gasteiger partial charge < -0.3 is 19.3 Å². The van der Waals surface area contributed by atoms with E-state index in [9.17, 15) is 5.11 Å². The Bertz CT molecular complexity index is 380. The average molecular weight is 240 g/mol. The third-order valence-electron chi connectivity index (χ3n) is 2.49. The summed E-state index contributed by atoms with van der Waals surface area (Å²) in [5, 5.41) is 10.1. The second-order valence-corrected chi connectivity index (χ2v) is 4.43. The van der Waals surface area contributed by atoms with E-state index in [0.29, 0.717) is 11.3 Å². The number of ether oxygens (including phenoxy) is 3. The predicted octanol–water partition coefficient (Wildman–Crippen LogP) is 2.21. The molecule has 0 aliphatic heterocycles. The molecule has 0 bridgehead atoms. The predicted molar refractivity (Wildman–Crippen MR) is 65.5 cm³/mol. The van der Waals surface area contributed by atoms with Crippen molar-refractivity contribution < 1.29 is 19.3 Å². The van der Waals surface area contributed by atoms with Crippen LogP contribution in [0.5, 0.6) is 11.5 Å². The highest BCUT2D eigenvalue weighted by molar-refractivity contribution is 5.48. The van der Waals surface area contributed by atoms with Crippen LogP contribution in [0.1, 0.15) is 25.0 Å². The third kappa shape index (κ3) is 3.35. The lowest BCUT2D eigenvalue weighted by atomic mass is 9.95. The van der Waals surface area contributed by atoms with Crippen molar-refractivity contribution in [1.29, 1.82) is 0 Å². The molecule has 1 aromatic rings. The van der Waals surface area contributed by atoms with E-state index in [1.807, 2.05) is 13.0 Å². The summed E-state index contributed by atoms with van der Waals surface area (Å²) in [6.45, 7) is 5.49. The van der Waals surface area contributed by atoms with E-state index in [1.54, 1.807) is 34.1 Å². The molecule has 96 valence electrons. The number of aliphatic hydroxyl groups is 1. The monoisotopic (exact) mass is 240 g/mol. The van der Waals surface area contributed by atoms with E-state index in [1.165, 1.54) is 0 Å². The van der Waals surface area contributed by atoms with E-state index >= 15 is 0 Å². The maximum atomic E-state index is 10.1. The molecule has 0 aromatic heterocycles. The van der Waals surface area contributed by atoms with Gasteiger partial charge in [0.15, 0.2) is 6.79 Å². The Morgan fingerprint density at radius 1 is 1.18 bits per heavy atom. The summed E-state index contributed by atoms with van der Waals surface area (Å²) >= 11 is 0. The number of benzene rings is 1. The molecule has 0 heterocycles. The zero-order chi connectivity index (χ0) is 13.1. The molecule has 0 atom stereocenters. The highest BCUT2D eigenvalue weighted by Gasteiger charge is 2.23. The van der Waals surface area contributed by atoms with Crippen LogP contribution in [0.4, 0.5) is 0 Å². The van der Waals surface area contributed by atoms with Crippen LogP contribution in [0.3, 0.4) is 0 Å². The molecule has 0 radical (unpaired) electrons. The van der Waals surface area contributed by atoms with Crippen molar-refractivity contribution in [3.05, 3.63) is 23.3 Å². The quantitative estimate of drug-likeness (QED) is 0.802. The fourth-order valence-corrected chi connectivity index (χ4v) is 1.61. The van der Waals surface area contributed by atoms with Crippen molar-refractivity contribution in [2.75, 3.05) is 21.0 Å². The lowest BCUT2D eigenvalue weighted by Crippen LogP contribution is -2.18. The molecule has 1 aromatic carbocycles. The van der Waals surface area contributed by atoms with Crippen LogP contribution < -0.4 is 9.47 Å². The van der Waals surface area contributed by atoms with Gasteiger partial charge in [-0.3, -0.25) is 0 Å². The van der Waals surface area contributed by atoms with Gasteiger partial charge in [0.05, 0.1) is 12.7 Å². The van der Waals surface area contributed by atoms with Gasteiger partial charge in [0.2, 0.25) is 0 Å². The molecule has 17 heavy (non-hydrogen) atoms. The maximum absolute atomic E-state index is 10.1. The Morgan fingerprint density at radius 2 is 1.82 bits per heavy atom. The summed E-state index contributed by atoms with van der Waals surface area (Å²) in [6, 6.07) is 3.63. The van der Waals surface area contributed by atoms with Gasteiger partial charge in [-0.2, -0.15) is 0 Å². The number of hydrogen-bond donors (Lipinski definition) is 1. The van der Waals surface area contributed by atoms with Gasteiger partial charge >= 0.3 is 0 Å². The van der Waals surface area contributed by atoms with Crippen LogP contribution in [0.15, 0.2) is 12.1 Å². The number of aryl methyl sites for hydroxylation is 1. The highest BCUT2D eigenvalue weighted by atomic mass is 16.7. The Kier molecular flexibility index (Phi) is 4.37. The summed E-state index contributed by atoms with van der Waals surface area (Å²) in [5.41, 5.74) is 0.697. The molecule has 0 unspecified atom stereocenters. The lowest BCUT2D eigenvalue weighted by Gasteiger charge is -2.23. The molecule has 0 spiro atoms. The van der Waals surface area contributed by atoms with Crippen LogP contribution in [0.25, 0.3) is 0 Å². The number of hydrogen-bond acceptors (Lipinski definition) is 4. The fraction of sp³-hybridized carbons (Fsp3) is 0.538. The largest absolute Gasteiger partial charge is 0.496 e. The summed E-state index contributed by atoms with van der Waals surface area (Å²) in [4.78, 5) is 0. The molecular formula is C13H20O4. The van der Waals surface area contributed by atoms with Crippen LogP contribution in [-0.2, 0) is 10.3 Å². The third-order valence-corrected chi connectivity index (χ3v) is 2.49. The van der Waals surface area contributed by atoms with Crippen molar-refractivity contribution in [3.63, 3.8) is 0 Å². The first-order valence-corrected chi connectivity index (χ1v) is 5.43. The van der Waals surface area contributed by atoms with Gasteiger partial charge in [0.1, 0.15) is 11.5 Å². The van der Waals surface area contributed by atoms with E-state index in [4.69, 9.17) is 14.2 Å². The normalized spacial score (nSPS) is 11.4. The first kappa shape index (κ1) is 13.8. The Morgan fingerprint density at radius 3 is 2.29 bits per heavy atom. The van der Waals surface area contributed by atoms with Gasteiger partial charge in [-0.25, -0.2) is 0 Å². The Balaban J connectivity index is 3.21. The minimum atomic E-state index is -0.972. The van der Waals surface area contributed by atoms with Crippen molar-refractivity contribution in [2.45, 2.75) is 26.4 Å². The Labute approximate surface area is 102 Å². The van der Waals surface area contributed by atoms with Crippen LogP contribution in [0, 0.1) is 6.92 Å². The van der Waals surface area contributed by atoms with E-state index < -0.39 is 5.60 Å². The van der Waals surface area contributed by atoms with Gasteiger partial charge in [0.25, 0.3) is 0 Å². The second kappa shape index (κ2) is 5.38.